The molecule has 3 aromatic carbocycles. The van der Waals surface area contributed by atoms with Gasteiger partial charge in [0.05, 0.1) is 10.6 Å². The first kappa shape index (κ1) is 31.1. The molecule has 1 aliphatic rings. The third-order valence-electron chi connectivity index (χ3n) is 7.36. The fraction of sp³-hybridized carbons (Fsp3) is 0.355. The second-order valence-electron chi connectivity index (χ2n) is 10.5. The number of nitrogens with zero attached hydrogens (tertiary/aromatic N) is 2. The number of carbonyl (C=O) groups excluding carboxylic acids is 2. The molecule has 1 aliphatic carbocycles. The SMILES string of the molecule is Cc1cccc(N(CC(=O)N(Cc2ccc(Br)cc2)[C@H](C)C(=O)NC2CCCCC2)S(=O)(=O)c2ccc(Cl)cc2)c1. The summed E-state index contributed by atoms with van der Waals surface area (Å²) < 4.78 is 29.8. The predicted molar refractivity (Wildman–Crippen MR) is 166 cm³/mol. The van der Waals surface area contributed by atoms with Crippen molar-refractivity contribution in [2.75, 3.05) is 10.8 Å². The Hall–Kier alpha value is -2.88. The van der Waals surface area contributed by atoms with Crippen molar-refractivity contribution in [3.63, 3.8) is 0 Å². The fourth-order valence-electron chi connectivity index (χ4n) is 4.98. The Kier molecular flexibility index (Phi) is 10.5. The van der Waals surface area contributed by atoms with Gasteiger partial charge in [0, 0.05) is 22.1 Å². The molecule has 218 valence electrons. The molecule has 0 heterocycles. The van der Waals surface area contributed by atoms with Crippen LogP contribution in [0.25, 0.3) is 0 Å². The Labute approximate surface area is 256 Å². The molecule has 10 heteroatoms. The second-order valence-corrected chi connectivity index (χ2v) is 13.7. The van der Waals surface area contributed by atoms with Gasteiger partial charge in [-0.2, -0.15) is 0 Å². The van der Waals surface area contributed by atoms with Gasteiger partial charge in [-0.25, -0.2) is 8.42 Å². The molecule has 0 aliphatic heterocycles. The molecule has 0 spiro atoms. The second kappa shape index (κ2) is 13.9. The highest BCUT2D eigenvalue weighted by Crippen LogP contribution is 2.26. The monoisotopic (exact) mass is 659 g/mol. The van der Waals surface area contributed by atoms with Gasteiger partial charge in [-0.15, -0.1) is 0 Å². The summed E-state index contributed by atoms with van der Waals surface area (Å²) in [5.41, 5.74) is 2.02. The molecular formula is C31H35BrClN3O4S. The minimum absolute atomic E-state index is 0.0127. The van der Waals surface area contributed by atoms with E-state index in [-0.39, 0.29) is 23.4 Å². The average molecular weight is 661 g/mol. The van der Waals surface area contributed by atoms with Crippen molar-refractivity contribution in [2.45, 2.75) is 69.5 Å². The van der Waals surface area contributed by atoms with Gasteiger partial charge in [-0.1, -0.05) is 71.1 Å². The van der Waals surface area contributed by atoms with E-state index in [9.17, 15) is 18.0 Å². The minimum Gasteiger partial charge on any atom is -0.352 e. The van der Waals surface area contributed by atoms with Crippen LogP contribution in [0.2, 0.25) is 5.02 Å². The van der Waals surface area contributed by atoms with Crippen LogP contribution in [0.1, 0.15) is 50.2 Å². The highest BCUT2D eigenvalue weighted by Gasteiger charge is 2.33. The number of sulfonamides is 1. The third kappa shape index (κ3) is 8.11. The maximum Gasteiger partial charge on any atom is 0.264 e. The van der Waals surface area contributed by atoms with Gasteiger partial charge >= 0.3 is 0 Å². The van der Waals surface area contributed by atoms with Gasteiger partial charge in [0.1, 0.15) is 12.6 Å². The molecule has 2 amide bonds. The molecule has 1 N–H and O–H groups in total. The van der Waals surface area contributed by atoms with Crippen molar-refractivity contribution < 1.29 is 18.0 Å². The fourth-order valence-corrected chi connectivity index (χ4v) is 6.78. The first-order valence-electron chi connectivity index (χ1n) is 13.7. The van der Waals surface area contributed by atoms with E-state index >= 15 is 0 Å². The number of hydrogen-bond donors (Lipinski definition) is 1. The molecular weight excluding hydrogens is 626 g/mol. The van der Waals surface area contributed by atoms with E-state index < -0.39 is 28.5 Å². The van der Waals surface area contributed by atoms with E-state index in [1.165, 1.54) is 29.2 Å². The van der Waals surface area contributed by atoms with E-state index in [1.54, 1.807) is 25.1 Å². The van der Waals surface area contributed by atoms with Crippen LogP contribution in [0.15, 0.2) is 82.2 Å². The summed E-state index contributed by atoms with van der Waals surface area (Å²) in [6.45, 7) is 3.22. The number of amides is 2. The Morgan fingerprint density at radius 3 is 2.29 bits per heavy atom. The summed E-state index contributed by atoms with van der Waals surface area (Å²) in [5, 5.41) is 3.52. The van der Waals surface area contributed by atoms with E-state index in [4.69, 9.17) is 11.6 Å². The first-order chi connectivity index (χ1) is 19.5. The summed E-state index contributed by atoms with van der Waals surface area (Å²) in [6, 6.07) is 19.6. The summed E-state index contributed by atoms with van der Waals surface area (Å²) in [6.07, 6.45) is 5.12. The molecule has 0 radical (unpaired) electrons. The average Bonchev–Trinajstić information content (AvgIpc) is 2.95. The lowest BCUT2D eigenvalue weighted by Crippen LogP contribution is -2.53. The molecule has 1 fully saturated rings. The van der Waals surface area contributed by atoms with Crippen molar-refractivity contribution >= 4 is 55.1 Å². The van der Waals surface area contributed by atoms with Crippen LogP contribution in [0.4, 0.5) is 5.69 Å². The number of rotatable bonds is 10. The van der Waals surface area contributed by atoms with Crippen molar-refractivity contribution in [3.05, 3.63) is 93.4 Å². The molecule has 1 saturated carbocycles. The normalized spacial score (nSPS) is 14.7. The van der Waals surface area contributed by atoms with E-state index in [0.29, 0.717) is 10.7 Å². The zero-order valence-electron chi connectivity index (χ0n) is 23.2. The van der Waals surface area contributed by atoms with Gasteiger partial charge in [-0.05, 0) is 86.3 Å². The maximum atomic E-state index is 14.1. The number of nitrogens with one attached hydrogen (secondary N) is 1. The lowest BCUT2D eigenvalue weighted by Gasteiger charge is -2.33. The van der Waals surface area contributed by atoms with E-state index in [1.807, 2.05) is 37.3 Å². The van der Waals surface area contributed by atoms with Crippen molar-refractivity contribution in [3.8, 4) is 0 Å². The standard InChI is InChI=1S/C31H35BrClN3O4S/c1-22-7-6-10-28(19-22)36(41(39,40)29-17-15-26(33)16-18-29)21-30(37)35(20-24-11-13-25(32)14-12-24)23(2)31(38)34-27-8-4-3-5-9-27/h6-7,10-19,23,27H,3-5,8-9,20-21H2,1-2H3,(H,34,38)/t23-/m1/s1. The Morgan fingerprint density at radius 2 is 1.66 bits per heavy atom. The molecule has 3 aromatic rings. The number of hydrogen-bond acceptors (Lipinski definition) is 4. The third-order valence-corrected chi connectivity index (χ3v) is 9.92. The number of benzene rings is 3. The minimum atomic E-state index is -4.14. The van der Waals surface area contributed by atoms with Gasteiger partial charge in [0.25, 0.3) is 10.0 Å². The Morgan fingerprint density at radius 1 is 1.00 bits per heavy atom. The van der Waals surface area contributed by atoms with E-state index in [0.717, 1.165) is 52.0 Å². The van der Waals surface area contributed by atoms with Crippen LogP contribution in [0, 0.1) is 6.92 Å². The van der Waals surface area contributed by atoms with Gasteiger partial charge in [-0.3, -0.25) is 13.9 Å². The molecule has 0 aromatic heterocycles. The van der Waals surface area contributed by atoms with Crippen LogP contribution in [-0.4, -0.2) is 43.8 Å². The van der Waals surface area contributed by atoms with Crippen LogP contribution in [0.3, 0.4) is 0 Å². The summed E-state index contributed by atoms with van der Waals surface area (Å²) >= 11 is 9.45. The van der Waals surface area contributed by atoms with Crippen LogP contribution >= 0.6 is 27.5 Å². The Balaban J connectivity index is 1.67. The first-order valence-corrected chi connectivity index (χ1v) is 16.3. The molecule has 7 nitrogen and oxygen atoms in total. The Bertz CT molecular complexity index is 1460. The summed E-state index contributed by atoms with van der Waals surface area (Å²) in [4.78, 5) is 28.9. The molecule has 0 saturated heterocycles. The highest BCUT2D eigenvalue weighted by molar-refractivity contribution is 9.10. The molecule has 0 unspecified atom stereocenters. The zero-order chi connectivity index (χ0) is 29.6. The largest absolute Gasteiger partial charge is 0.352 e. The van der Waals surface area contributed by atoms with Gasteiger partial charge in [0.2, 0.25) is 11.8 Å². The topological polar surface area (TPSA) is 86.8 Å². The lowest BCUT2D eigenvalue weighted by molar-refractivity contribution is -0.139. The van der Waals surface area contributed by atoms with Crippen molar-refractivity contribution in [1.82, 2.24) is 10.2 Å². The maximum absolute atomic E-state index is 14.1. The summed E-state index contributed by atoms with van der Waals surface area (Å²) in [7, 11) is -4.14. The number of carbonyl (C=O) groups is 2. The van der Waals surface area contributed by atoms with Crippen molar-refractivity contribution in [1.29, 1.82) is 0 Å². The summed E-state index contributed by atoms with van der Waals surface area (Å²) in [5.74, 6) is -0.733. The van der Waals surface area contributed by atoms with Crippen LogP contribution in [0.5, 0.6) is 0 Å². The van der Waals surface area contributed by atoms with E-state index in [2.05, 4.69) is 21.2 Å². The van der Waals surface area contributed by atoms with Crippen molar-refractivity contribution in [2.24, 2.45) is 0 Å². The zero-order valence-corrected chi connectivity index (χ0v) is 26.4. The predicted octanol–water partition coefficient (Wildman–Crippen LogP) is 6.47. The van der Waals surface area contributed by atoms with Gasteiger partial charge < -0.3 is 10.2 Å². The quantitative estimate of drug-likeness (QED) is 0.270. The van der Waals surface area contributed by atoms with Crippen LogP contribution in [-0.2, 0) is 26.2 Å². The molecule has 0 bridgehead atoms. The smallest absolute Gasteiger partial charge is 0.264 e. The highest BCUT2D eigenvalue weighted by atomic mass is 79.9. The molecule has 1 atom stereocenters. The molecule has 41 heavy (non-hydrogen) atoms. The number of aryl methyl sites for hydroxylation is 1. The lowest BCUT2D eigenvalue weighted by atomic mass is 9.95. The molecule has 4 rings (SSSR count). The number of anilines is 1. The van der Waals surface area contributed by atoms with Crippen LogP contribution < -0.4 is 9.62 Å². The number of halogens is 2. The van der Waals surface area contributed by atoms with Gasteiger partial charge in [0.15, 0.2) is 0 Å².